The molecule has 0 bridgehead atoms. The summed E-state index contributed by atoms with van der Waals surface area (Å²) < 4.78 is 5.47. The van der Waals surface area contributed by atoms with E-state index in [0.29, 0.717) is 5.92 Å². The molecule has 0 aliphatic heterocycles. The summed E-state index contributed by atoms with van der Waals surface area (Å²) in [7, 11) is 1.74. The summed E-state index contributed by atoms with van der Waals surface area (Å²) in [5.74, 6) is 2.60. The summed E-state index contributed by atoms with van der Waals surface area (Å²) in [6.45, 7) is 4.43. The minimum atomic E-state index is 0.267. The summed E-state index contributed by atoms with van der Waals surface area (Å²) in [4.78, 5) is 0. The monoisotopic (exact) mass is 275 g/mol. The maximum Gasteiger partial charge on any atom is 0.122 e. The molecule has 2 nitrogen and oxygen atoms in total. The molecule has 0 spiro atoms. The molecule has 0 heterocycles. The van der Waals surface area contributed by atoms with E-state index in [9.17, 15) is 0 Å². The molecule has 20 heavy (non-hydrogen) atoms. The van der Waals surface area contributed by atoms with Crippen molar-refractivity contribution in [1.82, 2.24) is 0 Å². The molecule has 1 unspecified atom stereocenters. The van der Waals surface area contributed by atoms with Gasteiger partial charge in [0.25, 0.3) is 0 Å². The van der Waals surface area contributed by atoms with E-state index in [2.05, 4.69) is 32.0 Å². The Kier molecular flexibility index (Phi) is 5.47. The molecular formula is C18H29NO. The van der Waals surface area contributed by atoms with Crippen LogP contribution in [0.25, 0.3) is 0 Å². The summed E-state index contributed by atoms with van der Waals surface area (Å²) >= 11 is 0. The zero-order chi connectivity index (χ0) is 14.5. The van der Waals surface area contributed by atoms with Gasteiger partial charge in [0.2, 0.25) is 0 Å². The number of nitrogens with two attached hydrogens (primary N) is 1. The summed E-state index contributed by atoms with van der Waals surface area (Å²) in [6, 6.07) is 6.64. The number of methoxy groups -OCH3 is 1. The first-order valence-corrected chi connectivity index (χ1v) is 8.03. The molecule has 1 aliphatic carbocycles. The third kappa shape index (κ3) is 3.76. The second-order valence-electron chi connectivity index (χ2n) is 6.37. The van der Waals surface area contributed by atoms with Gasteiger partial charge in [0.1, 0.15) is 5.75 Å². The third-order valence-electron chi connectivity index (χ3n) is 4.97. The molecule has 1 atom stereocenters. The number of rotatable bonds is 5. The number of hydrogen-bond acceptors (Lipinski definition) is 2. The highest BCUT2D eigenvalue weighted by atomic mass is 16.5. The Morgan fingerprint density at radius 2 is 1.95 bits per heavy atom. The highest BCUT2D eigenvalue weighted by Crippen LogP contribution is 2.33. The average molecular weight is 275 g/mol. The zero-order valence-corrected chi connectivity index (χ0v) is 13.2. The highest BCUT2D eigenvalue weighted by molar-refractivity contribution is 5.37. The lowest BCUT2D eigenvalue weighted by atomic mass is 9.76. The lowest BCUT2D eigenvalue weighted by Gasteiger charge is -2.32. The molecule has 0 radical (unpaired) electrons. The molecule has 2 heteroatoms. The SMILES string of the molecule is CCC1CCC(C(N)Cc2cc(C)ccc2OC)CC1. The second-order valence-corrected chi connectivity index (χ2v) is 6.37. The summed E-state index contributed by atoms with van der Waals surface area (Å²) in [5, 5.41) is 0. The van der Waals surface area contributed by atoms with E-state index in [-0.39, 0.29) is 6.04 Å². The molecule has 1 saturated carbocycles. The molecule has 1 fully saturated rings. The normalized spacial score (nSPS) is 24.4. The standard InChI is InChI=1S/C18H29NO/c1-4-14-6-8-15(9-7-14)17(19)12-16-11-13(2)5-10-18(16)20-3/h5,10-11,14-15,17H,4,6-9,12,19H2,1-3H3. The van der Waals surface area contributed by atoms with Crippen molar-refractivity contribution in [3.8, 4) is 5.75 Å². The molecule has 2 rings (SSSR count). The van der Waals surface area contributed by atoms with Crippen molar-refractivity contribution in [2.24, 2.45) is 17.6 Å². The number of benzene rings is 1. The quantitative estimate of drug-likeness (QED) is 0.878. The van der Waals surface area contributed by atoms with Crippen LogP contribution >= 0.6 is 0 Å². The Hall–Kier alpha value is -1.02. The Balaban J connectivity index is 1.97. The van der Waals surface area contributed by atoms with Crippen molar-refractivity contribution in [3.05, 3.63) is 29.3 Å². The fourth-order valence-electron chi connectivity index (χ4n) is 3.51. The van der Waals surface area contributed by atoms with Gasteiger partial charge in [0, 0.05) is 6.04 Å². The van der Waals surface area contributed by atoms with Crippen LogP contribution < -0.4 is 10.5 Å². The third-order valence-corrected chi connectivity index (χ3v) is 4.97. The van der Waals surface area contributed by atoms with E-state index in [1.54, 1.807) is 7.11 Å². The van der Waals surface area contributed by atoms with Gasteiger partial charge in [-0.25, -0.2) is 0 Å². The van der Waals surface area contributed by atoms with Crippen LogP contribution in [-0.4, -0.2) is 13.2 Å². The number of ether oxygens (including phenoxy) is 1. The van der Waals surface area contributed by atoms with Gasteiger partial charge in [-0.05, 0) is 49.7 Å². The Morgan fingerprint density at radius 3 is 2.55 bits per heavy atom. The van der Waals surface area contributed by atoms with Crippen LogP contribution in [0.5, 0.6) is 5.75 Å². The van der Waals surface area contributed by atoms with E-state index in [4.69, 9.17) is 10.5 Å². The fraction of sp³-hybridized carbons (Fsp3) is 0.667. The van der Waals surface area contributed by atoms with Crippen LogP contribution in [-0.2, 0) is 6.42 Å². The van der Waals surface area contributed by atoms with Crippen LogP contribution in [0.15, 0.2) is 18.2 Å². The van der Waals surface area contributed by atoms with Crippen molar-refractivity contribution in [2.45, 2.75) is 58.4 Å². The molecule has 0 saturated heterocycles. The minimum Gasteiger partial charge on any atom is -0.496 e. The van der Waals surface area contributed by atoms with Crippen LogP contribution in [0.2, 0.25) is 0 Å². The van der Waals surface area contributed by atoms with E-state index in [0.717, 1.165) is 18.1 Å². The number of aryl methyl sites for hydroxylation is 1. The van der Waals surface area contributed by atoms with Gasteiger partial charge in [-0.2, -0.15) is 0 Å². The van der Waals surface area contributed by atoms with Gasteiger partial charge >= 0.3 is 0 Å². The minimum absolute atomic E-state index is 0.267. The van der Waals surface area contributed by atoms with Crippen molar-refractivity contribution in [2.75, 3.05) is 7.11 Å². The van der Waals surface area contributed by atoms with Gasteiger partial charge in [0.05, 0.1) is 7.11 Å². The summed E-state index contributed by atoms with van der Waals surface area (Å²) in [5.41, 5.74) is 9.03. The topological polar surface area (TPSA) is 35.2 Å². The first-order chi connectivity index (χ1) is 9.63. The van der Waals surface area contributed by atoms with Crippen molar-refractivity contribution < 1.29 is 4.74 Å². The van der Waals surface area contributed by atoms with Crippen LogP contribution in [0.1, 0.15) is 50.2 Å². The van der Waals surface area contributed by atoms with Crippen LogP contribution in [0.3, 0.4) is 0 Å². The smallest absolute Gasteiger partial charge is 0.122 e. The number of hydrogen-bond donors (Lipinski definition) is 1. The van der Waals surface area contributed by atoms with Gasteiger partial charge in [-0.3, -0.25) is 0 Å². The van der Waals surface area contributed by atoms with Crippen molar-refractivity contribution in [1.29, 1.82) is 0 Å². The molecule has 2 N–H and O–H groups in total. The Morgan fingerprint density at radius 1 is 1.25 bits per heavy atom. The Labute approximate surface area is 123 Å². The molecule has 0 aromatic heterocycles. The van der Waals surface area contributed by atoms with E-state index in [1.165, 1.54) is 43.2 Å². The first kappa shape index (κ1) is 15.4. The van der Waals surface area contributed by atoms with Gasteiger partial charge < -0.3 is 10.5 Å². The molecule has 1 aromatic carbocycles. The largest absolute Gasteiger partial charge is 0.496 e. The van der Waals surface area contributed by atoms with E-state index < -0.39 is 0 Å². The molecule has 0 amide bonds. The molecule has 112 valence electrons. The van der Waals surface area contributed by atoms with E-state index in [1.807, 2.05) is 0 Å². The van der Waals surface area contributed by atoms with E-state index >= 15 is 0 Å². The summed E-state index contributed by atoms with van der Waals surface area (Å²) in [6.07, 6.45) is 7.58. The zero-order valence-electron chi connectivity index (χ0n) is 13.2. The maximum absolute atomic E-state index is 6.49. The van der Waals surface area contributed by atoms with Crippen molar-refractivity contribution in [3.63, 3.8) is 0 Å². The van der Waals surface area contributed by atoms with Crippen molar-refractivity contribution >= 4 is 0 Å². The second kappa shape index (κ2) is 7.12. The fourth-order valence-corrected chi connectivity index (χ4v) is 3.51. The van der Waals surface area contributed by atoms with Gasteiger partial charge in [-0.15, -0.1) is 0 Å². The van der Waals surface area contributed by atoms with Crippen LogP contribution in [0, 0.1) is 18.8 Å². The highest BCUT2D eigenvalue weighted by Gasteiger charge is 2.25. The van der Waals surface area contributed by atoms with Gasteiger partial charge in [0.15, 0.2) is 0 Å². The predicted octanol–water partition coefficient (Wildman–Crippen LogP) is 4.09. The maximum atomic E-state index is 6.49. The van der Waals surface area contributed by atoms with Crippen LogP contribution in [0.4, 0.5) is 0 Å². The molecule has 1 aromatic rings. The predicted molar refractivity (Wildman–Crippen MR) is 85.1 cm³/mol. The van der Waals surface area contributed by atoms with Gasteiger partial charge in [-0.1, -0.05) is 43.9 Å². The Bertz CT molecular complexity index is 421. The lowest BCUT2D eigenvalue weighted by Crippen LogP contribution is -2.35. The lowest BCUT2D eigenvalue weighted by molar-refractivity contribution is 0.237. The average Bonchev–Trinajstić information content (AvgIpc) is 2.47. The molecule has 1 aliphatic rings. The molecular weight excluding hydrogens is 246 g/mol. The first-order valence-electron chi connectivity index (χ1n) is 8.03.